The van der Waals surface area contributed by atoms with Crippen LogP contribution in [0.5, 0.6) is 0 Å². The molecule has 0 saturated heterocycles. The molecule has 0 amide bonds. The van der Waals surface area contributed by atoms with Gasteiger partial charge in [-0.2, -0.15) is 0 Å². The molecule has 0 spiro atoms. The molecule has 2 aliphatic rings. The summed E-state index contributed by atoms with van der Waals surface area (Å²) in [5.41, 5.74) is 12.4. The highest BCUT2D eigenvalue weighted by Crippen LogP contribution is 2.60. The van der Waals surface area contributed by atoms with E-state index in [0.717, 1.165) is 0 Å². The van der Waals surface area contributed by atoms with E-state index in [0.29, 0.717) is 0 Å². The van der Waals surface area contributed by atoms with Crippen LogP contribution in [0.1, 0.15) is 0 Å². The Morgan fingerprint density at radius 2 is 0.675 bits per heavy atom. The summed E-state index contributed by atoms with van der Waals surface area (Å²) in [5.74, 6) is 0. The van der Waals surface area contributed by atoms with Gasteiger partial charge in [0.05, 0.1) is 22.7 Å². The SMILES string of the molecule is c1ccc(N2c3ccccc3-c3c4ccccc4c4c5c(ccc2c35)N(c2ccccc2)c2ccccc2-4)cc1. The van der Waals surface area contributed by atoms with Gasteiger partial charge in [-0.3, -0.25) is 0 Å². The van der Waals surface area contributed by atoms with Gasteiger partial charge < -0.3 is 9.80 Å². The molecule has 0 atom stereocenters. The second-order valence-corrected chi connectivity index (χ2v) is 10.5. The summed E-state index contributed by atoms with van der Waals surface area (Å²) >= 11 is 0. The fourth-order valence-corrected chi connectivity index (χ4v) is 6.94. The van der Waals surface area contributed by atoms with Gasteiger partial charge in [0.25, 0.3) is 0 Å². The average molecular weight is 509 g/mol. The maximum absolute atomic E-state index is 2.44. The van der Waals surface area contributed by atoms with E-state index >= 15 is 0 Å². The average Bonchev–Trinajstić information content (AvgIpc) is 3.03. The van der Waals surface area contributed by atoms with Crippen molar-refractivity contribution in [2.45, 2.75) is 0 Å². The van der Waals surface area contributed by atoms with Gasteiger partial charge in [0, 0.05) is 44.4 Å². The third-order valence-corrected chi connectivity index (χ3v) is 8.47. The van der Waals surface area contributed by atoms with Gasteiger partial charge in [0.15, 0.2) is 0 Å². The van der Waals surface area contributed by atoms with Crippen molar-refractivity contribution in [2.75, 3.05) is 9.80 Å². The maximum Gasteiger partial charge on any atom is 0.0548 e. The van der Waals surface area contributed by atoms with Gasteiger partial charge in [0.2, 0.25) is 0 Å². The van der Waals surface area contributed by atoms with E-state index in [1.165, 1.54) is 77.9 Å². The monoisotopic (exact) mass is 508 g/mol. The Morgan fingerprint density at radius 3 is 1.12 bits per heavy atom. The van der Waals surface area contributed by atoms with Crippen LogP contribution in [-0.2, 0) is 0 Å². The Labute approximate surface area is 233 Å². The number of fused-ring (bicyclic) bond motifs is 7. The fraction of sp³-hybridized carbons (Fsp3) is 0. The zero-order chi connectivity index (χ0) is 26.2. The van der Waals surface area contributed by atoms with Crippen molar-refractivity contribution in [2.24, 2.45) is 0 Å². The molecule has 0 N–H and O–H groups in total. The number of nitrogens with zero attached hydrogens (tertiary/aromatic N) is 2. The predicted octanol–water partition coefficient (Wildman–Crippen LogP) is 10.9. The Hall–Kier alpha value is -5.34. The highest BCUT2D eigenvalue weighted by molar-refractivity contribution is 6.32. The lowest BCUT2D eigenvalue weighted by molar-refractivity contribution is 1.26. The number of rotatable bonds is 2. The molecule has 0 aromatic heterocycles. The lowest BCUT2D eigenvalue weighted by Gasteiger charge is -2.39. The van der Waals surface area contributed by atoms with Gasteiger partial charge in [-0.25, -0.2) is 0 Å². The number of hydrogen-bond donors (Lipinski definition) is 0. The Balaban J connectivity index is 1.53. The third kappa shape index (κ3) is 2.77. The molecule has 0 fully saturated rings. The molecular weight excluding hydrogens is 484 g/mol. The highest BCUT2D eigenvalue weighted by Gasteiger charge is 2.34. The van der Waals surface area contributed by atoms with E-state index in [9.17, 15) is 0 Å². The van der Waals surface area contributed by atoms with Gasteiger partial charge >= 0.3 is 0 Å². The molecule has 7 aromatic rings. The highest BCUT2D eigenvalue weighted by atomic mass is 15.2. The standard InChI is InChI=1S/C38H24N2/c1-3-13-25(14-4-1)39-31-21-11-9-19-29(31)35-27-17-7-8-18-28(27)36-30-20-10-12-22-32(30)40(26-15-5-2-6-16-26)34-24-23-33(39)37(35)38(34)36/h1-24H. The molecule has 9 rings (SSSR count). The lowest BCUT2D eigenvalue weighted by atomic mass is 9.80. The van der Waals surface area contributed by atoms with Crippen LogP contribution in [0.4, 0.5) is 34.1 Å². The Kier molecular flexibility index (Phi) is 4.36. The second kappa shape index (κ2) is 8.08. The molecule has 0 bridgehead atoms. The molecule has 2 heteroatoms. The zero-order valence-electron chi connectivity index (χ0n) is 21.8. The minimum Gasteiger partial charge on any atom is -0.309 e. The molecule has 0 saturated carbocycles. The van der Waals surface area contributed by atoms with E-state index in [-0.39, 0.29) is 0 Å². The van der Waals surface area contributed by atoms with Crippen LogP contribution in [0.15, 0.2) is 146 Å². The van der Waals surface area contributed by atoms with Crippen molar-refractivity contribution in [3.63, 3.8) is 0 Å². The summed E-state index contributed by atoms with van der Waals surface area (Å²) in [6.07, 6.45) is 0. The van der Waals surface area contributed by atoms with Crippen molar-refractivity contribution < 1.29 is 0 Å². The van der Waals surface area contributed by atoms with Crippen LogP contribution in [-0.4, -0.2) is 0 Å². The molecule has 2 heterocycles. The van der Waals surface area contributed by atoms with E-state index in [2.05, 4.69) is 155 Å². The molecule has 2 nitrogen and oxygen atoms in total. The van der Waals surface area contributed by atoms with Crippen LogP contribution in [0.2, 0.25) is 0 Å². The predicted molar refractivity (Wildman–Crippen MR) is 169 cm³/mol. The third-order valence-electron chi connectivity index (χ3n) is 8.47. The Morgan fingerprint density at radius 1 is 0.300 bits per heavy atom. The number of benzene rings is 7. The summed E-state index contributed by atoms with van der Waals surface area (Å²) in [7, 11) is 0. The molecule has 0 radical (unpaired) electrons. The van der Waals surface area contributed by atoms with Crippen molar-refractivity contribution in [1.82, 2.24) is 0 Å². The minimum absolute atomic E-state index is 1.17. The van der Waals surface area contributed by atoms with E-state index in [1.54, 1.807) is 0 Å². The minimum atomic E-state index is 1.17. The molecule has 40 heavy (non-hydrogen) atoms. The van der Waals surface area contributed by atoms with E-state index in [1.807, 2.05) is 0 Å². The fourth-order valence-electron chi connectivity index (χ4n) is 6.94. The first-order chi connectivity index (χ1) is 19.9. The molecule has 0 unspecified atom stereocenters. The molecule has 2 aliphatic heterocycles. The molecule has 7 aromatic carbocycles. The largest absolute Gasteiger partial charge is 0.309 e. The van der Waals surface area contributed by atoms with E-state index in [4.69, 9.17) is 0 Å². The smallest absolute Gasteiger partial charge is 0.0548 e. The zero-order valence-corrected chi connectivity index (χ0v) is 21.8. The summed E-state index contributed by atoms with van der Waals surface area (Å²) in [5, 5.41) is 5.21. The number of anilines is 6. The number of hydrogen-bond acceptors (Lipinski definition) is 2. The maximum atomic E-state index is 2.44. The van der Waals surface area contributed by atoms with Crippen LogP contribution in [0.3, 0.4) is 0 Å². The van der Waals surface area contributed by atoms with Crippen molar-refractivity contribution >= 4 is 55.7 Å². The summed E-state index contributed by atoms with van der Waals surface area (Å²) in [4.78, 5) is 4.88. The number of para-hydroxylation sites is 4. The van der Waals surface area contributed by atoms with Gasteiger partial charge in [0.1, 0.15) is 0 Å². The first-order valence-electron chi connectivity index (χ1n) is 13.8. The van der Waals surface area contributed by atoms with Crippen LogP contribution < -0.4 is 9.80 Å². The Bertz CT molecular complexity index is 1960. The van der Waals surface area contributed by atoms with Crippen molar-refractivity contribution in [3.8, 4) is 22.3 Å². The topological polar surface area (TPSA) is 6.48 Å². The van der Waals surface area contributed by atoms with Crippen LogP contribution in [0.25, 0.3) is 43.8 Å². The van der Waals surface area contributed by atoms with Crippen LogP contribution in [0, 0.1) is 0 Å². The second-order valence-electron chi connectivity index (χ2n) is 10.5. The molecular formula is C38H24N2. The summed E-state index contributed by atoms with van der Waals surface area (Å²) in [6, 6.07) is 52.9. The van der Waals surface area contributed by atoms with Crippen molar-refractivity contribution in [3.05, 3.63) is 146 Å². The first-order valence-corrected chi connectivity index (χ1v) is 13.8. The first kappa shape index (κ1) is 21.6. The summed E-state index contributed by atoms with van der Waals surface area (Å²) in [6.45, 7) is 0. The van der Waals surface area contributed by atoms with Gasteiger partial charge in [-0.15, -0.1) is 0 Å². The van der Waals surface area contributed by atoms with Crippen molar-refractivity contribution in [1.29, 1.82) is 0 Å². The van der Waals surface area contributed by atoms with Gasteiger partial charge in [-0.1, -0.05) is 97.1 Å². The lowest BCUT2D eigenvalue weighted by Crippen LogP contribution is -2.19. The molecule has 186 valence electrons. The normalized spacial score (nSPS) is 12.9. The molecule has 0 aliphatic carbocycles. The summed E-state index contributed by atoms with van der Waals surface area (Å²) < 4.78 is 0. The quantitative estimate of drug-likeness (QED) is 0.214. The van der Waals surface area contributed by atoms with Gasteiger partial charge in [-0.05, 0) is 59.3 Å². The van der Waals surface area contributed by atoms with Crippen LogP contribution >= 0.6 is 0 Å². The van der Waals surface area contributed by atoms with E-state index < -0.39 is 0 Å².